The SMILES string of the molecule is O=C(O)CCCNC(=O)c1c(Cl)cccc1Cl. The van der Waals surface area contributed by atoms with Gasteiger partial charge in [0, 0.05) is 13.0 Å². The van der Waals surface area contributed by atoms with Crippen LogP contribution in [0.5, 0.6) is 0 Å². The lowest BCUT2D eigenvalue weighted by Gasteiger charge is -2.07. The number of nitrogens with one attached hydrogen (secondary N) is 1. The molecule has 1 aromatic rings. The third kappa shape index (κ3) is 4.24. The van der Waals surface area contributed by atoms with E-state index in [1.807, 2.05) is 0 Å². The Morgan fingerprint density at radius 2 is 1.82 bits per heavy atom. The van der Waals surface area contributed by atoms with Crippen molar-refractivity contribution < 1.29 is 14.7 Å². The van der Waals surface area contributed by atoms with Gasteiger partial charge < -0.3 is 10.4 Å². The number of carbonyl (C=O) groups is 2. The molecular formula is C11H11Cl2NO3. The minimum absolute atomic E-state index is 0.0105. The Hall–Kier alpha value is -1.26. The van der Waals surface area contributed by atoms with Crippen LogP contribution in [0, 0.1) is 0 Å². The molecule has 0 fully saturated rings. The van der Waals surface area contributed by atoms with Crippen molar-refractivity contribution in [2.75, 3.05) is 6.54 Å². The van der Waals surface area contributed by atoms with E-state index in [-0.39, 0.29) is 28.6 Å². The molecule has 0 aromatic heterocycles. The normalized spacial score (nSPS) is 10.0. The monoisotopic (exact) mass is 275 g/mol. The number of benzene rings is 1. The Labute approximate surface area is 109 Å². The molecule has 2 N–H and O–H groups in total. The van der Waals surface area contributed by atoms with Gasteiger partial charge in [-0.15, -0.1) is 0 Å². The quantitative estimate of drug-likeness (QED) is 0.812. The minimum atomic E-state index is -0.893. The van der Waals surface area contributed by atoms with Crippen molar-refractivity contribution in [3.63, 3.8) is 0 Å². The van der Waals surface area contributed by atoms with Gasteiger partial charge in [0.05, 0.1) is 15.6 Å². The van der Waals surface area contributed by atoms with Crippen molar-refractivity contribution in [1.29, 1.82) is 0 Å². The summed E-state index contributed by atoms with van der Waals surface area (Å²) in [7, 11) is 0. The van der Waals surface area contributed by atoms with Crippen LogP contribution in [0.4, 0.5) is 0 Å². The summed E-state index contributed by atoms with van der Waals surface area (Å²) >= 11 is 11.7. The Balaban J connectivity index is 2.55. The van der Waals surface area contributed by atoms with Gasteiger partial charge >= 0.3 is 5.97 Å². The Kier molecular flexibility index (Phi) is 5.25. The zero-order valence-corrected chi connectivity index (χ0v) is 10.4. The van der Waals surface area contributed by atoms with Crippen LogP contribution in [0.1, 0.15) is 23.2 Å². The molecule has 0 heterocycles. The van der Waals surface area contributed by atoms with Gasteiger partial charge in [-0.1, -0.05) is 29.3 Å². The van der Waals surface area contributed by atoms with Crippen molar-refractivity contribution in [3.8, 4) is 0 Å². The fraction of sp³-hybridized carbons (Fsp3) is 0.273. The van der Waals surface area contributed by atoms with Crippen LogP contribution >= 0.6 is 23.2 Å². The average molecular weight is 276 g/mol. The maximum Gasteiger partial charge on any atom is 0.303 e. The molecule has 0 saturated heterocycles. The smallest absolute Gasteiger partial charge is 0.303 e. The highest BCUT2D eigenvalue weighted by atomic mass is 35.5. The first-order valence-corrected chi connectivity index (χ1v) is 5.72. The van der Waals surface area contributed by atoms with E-state index in [4.69, 9.17) is 28.3 Å². The highest BCUT2D eigenvalue weighted by Gasteiger charge is 2.13. The molecule has 0 aliphatic carbocycles. The molecule has 0 radical (unpaired) electrons. The van der Waals surface area contributed by atoms with Gasteiger partial charge in [-0.2, -0.15) is 0 Å². The third-order valence-electron chi connectivity index (χ3n) is 2.04. The number of hydrogen-bond donors (Lipinski definition) is 2. The molecule has 17 heavy (non-hydrogen) atoms. The topological polar surface area (TPSA) is 66.4 Å². The van der Waals surface area contributed by atoms with Gasteiger partial charge in [0.2, 0.25) is 0 Å². The number of carboxylic acids is 1. The Bertz CT molecular complexity index is 414. The van der Waals surface area contributed by atoms with Crippen molar-refractivity contribution in [2.24, 2.45) is 0 Å². The summed E-state index contributed by atoms with van der Waals surface area (Å²) < 4.78 is 0. The Morgan fingerprint density at radius 3 is 2.35 bits per heavy atom. The van der Waals surface area contributed by atoms with Crippen LogP contribution < -0.4 is 5.32 Å². The second-order valence-corrected chi connectivity index (χ2v) is 4.16. The molecule has 92 valence electrons. The minimum Gasteiger partial charge on any atom is -0.481 e. The van der Waals surface area contributed by atoms with Crippen LogP contribution in [0.25, 0.3) is 0 Å². The maximum atomic E-state index is 11.7. The molecule has 0 saturated carbocycles. The summed E-state index contributed by atoms with van der Waals surface area (Å²) in [5, 5.41) is 11.5. The molecule has 1 amide bonds. The number of hydrogen-bond acceptors (Lipinski definition) is 2. The lowest BCUT2D eigenvalue weighted by atomic mass is 10.2. The molecular weight excluding hydrogens is 265 g/mol. The van der Waals surface area contributed by atoms with Gasteiger partial charge in [-0.3, -0.25) is 9.59 Å². The summed E-state index contributed by atoms with van der Waals surface area (Å²) in [6, 6.07) is 4.78. The second-order valence-electron chi connectivity index (χ2n) is 3.35. The number of halogens is 2. The molecule has 6 heteroatoms. The largest absolute Gasteiger partial charge is 0.481 e. The van der Waals surface area contributed by atoms with Gasteiger partial charge in [-0.25, -0.2) is 0 Å². The van der Waals surface area contributed by atoms with E-state index in [1.54, 1.807) is 18.2 Å². The highest BCUT2D eigenvalue weighted by molar-refractivity contribution is 6.39. The van der Waals surface area contributed by atoms with E-state index < -0.39 is 11.9 Å². The molecule has 1 aromatic carbocycles. The number of carbonyl (C=O) groups excluding carboxylic acids is 1. The van der Waals surface area contributed by atoms with Gasteiger partial charge in [0.15, 0.2) is 0 Å². The van der Waals surface area contributed by atoms with Crippen LogP contribution in [-0.2, 0) is 4.79 Å². The van der Waals surface area contributed by atoms with Gasteiger partial charge in [0.1, 0.15) is 0 Å². The molecule has 0 aliphatic rings. The molecule has 0 atom stereocenters. The molecule has 0 bridgehead atoms. The third-order valence-corrected chi connectivity index (χ3v) is 2.67. The predicted molar refractivity (Wildman–Crippen MR) is 65.7 cm³/mol. The first-order chi connectivity index (χ1) is 8.02. The summed E-state index contributed by atoms with van der Waals surface area (Å²) in [5.74, 6) is -1.29. The fourth-order valence-corrected chi connectivity index (χ4v) is 1.81. The number of aliphatic carboxylic acids is 1. The van der Waals surface area contributed by atoms with Gasteiger partial charge in [-0.05, 0) is 18.6 Å². The lowest BCUT2D eigenvalue weighted by molar-refractivity contribution is -0.137. The van der Waals surface area contributed by atoms with E-state index in [2.05, 4.69) is 5.32 Å². The van der Waals surface area contributed by atoms with Crippen molar-refractivity contribution in [2.45, 2.75) is 12.8 Å². The number of carboxylic acid groups (broad SMARTS) is 1. The highest BCUT2D eigenvalue weighted by Crippen LogP contribution is 2.23. The lowest BCUT2D eigenvalue weighted by Crippen LogP contribution is -2.25. The van der Waals surface area contributed by atoms with E-state index in [0.29, 0.717) is 6.42 Å². The van der Waals surface area contributed by atoms with Crippen LogP contribution in [0.15, 0.2) is 18.2 Å². The van der Waals surface area contributed by atoms with Crippen molar-refractivity contribution >= 4 is 35.1 Å². The summed E-state index contributed by atoms with van der Waals surface area (Å²) in [4.78, 5) is 22.0. The van der Waals surface area contributed by atoms with E-state index in [1.165, 1.54) is 0 Å². The van der Waals surface area contributed by atoms with Crippen molar-refractivity contribution in [3.05, 3.63) is 33.8 Å². The predicted octanol–water partition coefficient (Wildman–Crippen LogP) is 2.59. The first kappa shape index (κ1) is 13.8. The van der Waals surface area contributed by atoms with Crippen LogP contribution in [-0.4, -0.2) is 23.5 Å². The summed E-state index contributed by atoms with van der Waals surface area (Å²) in [6.45, 7) is 0.271. The molecule has 4 nitrogen and oxygen atoms in total. The zero-order chi connectivity index (χ0) is 12.8. The molecule has 0 unspecified atom stereocenters. The number of amides is 1. The van der Waals surface area contributed by atoms with Gasteiger partial charge in [0.25, 0.3) is 5.91 Å². The second kappa shape index (κ2) is 6.47. The van der Waals surface area contributed by atoms with Crippen LogP contribution in [0.3, 0.4) is 0 Å². The summed E-state index contributed by atoms with van der Waals surface area (Å²) in [6.07, 6.45) is 0.375. The van der Waals surface area contributed by atoms with E-state index >= 15 is 0 Å². The number of rotatable bonds is 5. The molecule has 0 spiro atoms. The van der Waals surface area contributed by atoms with E-state index in [0.717, 1.165) is 0 Å². The zero-order valence-electron chi connectivity index (χ0n) is 8.87. The van der Waals surface area contributed by atoms with Crippen LogP contribution in [0.2, 0.25) is 10.0 Å². The molecule has 1 rings (SSSR count). The molecule has 0 aliphatic heterocycles. The Morgan fingerprint density at radius 1 is 1.24 bits per heavy atom. The van der Waals surface area contributed by atoms with Crippen molar-refractivity contribution in [1.82, 2.24) is 5.32 Å². The maximum absolute atomic E-state index is 11.7. The fourth-order valence-electron chi connectivity index (χ4n) is 1.24. The average Bonchev–Trinajstić information content (AvgIpc) is 2.24. The van der Waals surface area contributed by atoms with E-state index in [9.17, 15) is 9.59 Å². The standard InChI is InChI=1S/C11H11Cl2NO3/c12-7-3-1-4-8(13)10(7)11(17)14-6-2-5-9(15)16/h1,3-4H,2,5-6H2,(H,14,17)(H,15,16). The summed E-state index contributed by atoms with van der Waals surface area (Å²) in [5.41, 5.74) is 0.214. The first-order valence-electron chi connectivity index (χ1n) is 4.96.